The van der Waals surface area contributed by atoms with Crippen LogP contribution in [0.1, 0.15) is 19.3 Å². The minimum Gasteiger partial charge on any atom is -0.380 e. The molecule has 0 aromatic carbocycles. The molecule has 1 heteroatoms. The van der Waals surface area contributed by atoms with Gasteiger partial charge in [0.25, 0.3) is 0 Å². The smallest absolute Gasteiger partial charge is 0.0547 e. The summed E-state index contributed by atoms with van der Waals surface area (Å²) in [6.07, 6.45) is 9.04. The Bertz CT molecular complexity index is 134. The third-order valence-corrected chi connectivity index (χ3v) is 2.30. The van der Waals surface area contributed by atoms with Crippen molar-refractivity contribution in [3.8, 4) is 0 Å². The van der Waals surface area contributed by atoms with Crippen LogP contribution in [0.2, 0.25) is 0 Å². The Morgan fingerprint density at radius 2 is 2.33 bits per heavy atom. The second-order valence-corrected chi connectivity index (χ2v) is 3.11. The van der Waals surface area contributed by atoms with Crippen LogP contribution < -0.4 is 0 Å². The molecule has 0 aromatic rings. The monoisotopic (exact) mass is 123 g/mol. The maximum Gasteiger partial charge on any atom is 0.0547 e. The zero-order chi connectivity index (χ0) is 6.16. The van der Waals surface area contributed by atoms with Crippen molar-refractivity contribution in [1.29, 1.82) is 0 Å². The van der Waals surface area contributed by atoms with Gasteiger partial charge < -0.3 is 4.74 Å². The number of hydrogen-bond donors (Lipinski definition) is 0. The average Bonchev–Trinajstić information content (AvgIpc) is 1.87. The summed E-state index contributed by atoms with van der Waals surface area (Å²) >= 11 is 0. The number of rotatable bonds is 0. The van der Waals surface area contributed by atoms with E-state index in [1.807, 2.05) is 0 Å². The SMILES string of the molecule is [C]1=CCC2(CC1)COC2. The summed E-state index contributed by atoms with van der Waals surface area (Å²) in [6.45, 7) is 1.98. The fourth-order valence-corrected chi connectivity index (χ4v) is 1.48. The summed E-state index contributed by atoms with van der Waals surface area (Å²) in [4.78, 5) is 0. The Labute approximate surface area is 55.7 Å². The molecule has 0 amide bonds. The number of ether oxygens (including phenoxy) is 1. The van der Waals surface area contributed by atoms with Gasteiger partial charge in [0.15, 0.2) is 0 Å². The van der Waals surface area contributed by atoms with Gasteiger partial charge in [-0.05, 0) is 25.3 Å². The largest absolute Gasteiger partial charge is 0.380 e. The first kappa shape index (κ1) is 5.48. The summed E-state index contributed by atoms with van der Waals surface area (Å²) in [7, 11) is 0. The molecule has 49 valence electrons. The lowest BCUT2D eigenvalue weighted by Crippen LogP contribution is -2.42. The molecule has 0 N–H and O–H groups in total. The van der Waals surface area contributed by atoms with E-state index >= 15 is 0 Å². The highest BCUT2D eigenvalue weighted by atomic mass is 16.5. The lowest BCUT2D eigenvalue weighted by Gasteiger charge is -2.42. The van der Waals surface area contributed by atoms with E-state index in [-0.39, 0.29) is 0 Å². The fourth-order valence-electron chi connectivity index (χ4n) is 1.48. The van der Waals surface area contributed by atoms with Crippen LogP contribution in [0.25, 0.3) is 0 Å². The number of hydrogen-bond acceptors (Lipinski definition) is 1. The Morgan fingerprint density at radius 3 is 2.67 bits per heavy atom. The minimum atomic E-state index is 0.561. The van der Waals surface area contributed by atoms with Crippen LogP contribution in [0.5, 0.6) is 0 Å². The van der Waals surface area contributed by atoms with Crippen molar-refractivity contribution in [2.24, 2.45) is 5.41 Å². The molecule has 0 atom stereocenters. The van der Waals surface area contributed by atoms with Crippen LogP contribution in [0.15, 0.2) is 6.08 Å². The highest BCUT2D eigenvalue weighted by Gasteiger charge is 2.37. The molecule has 1 radical (unpaired) electrons. The van der Waals surface area contributed by atoms with Crippen LogP contribution in [-0.4, -0.2) is 13.2 Å². The van der Waals surface area contributed by atoms with Gasteiger partial charge in [-0.1, -0.05) is 6.08 Å². The van der Waals surface area contributed by atoms with Gasteiger partial charge in [-0.2, -0.15) is 0 Å². The molecular weight excluding hydrogens is 112 g/mol. The lowest BCUT2D eigenvalue weighted by molar-refractivity contribution is -0.117. The van der Waals surface area contributed by atoms with E-state index in [4.69, 9.17) is 4.74 Å². The average molecular weight is 123 g/mol. The zero-order valence-corrected chi connectivity index (χ0v) is 5.52. The van der Waals surface area contributed by atoms with Crippen molar-refractivity contribution in [2.45, 2.75) is 19.3 Å². The Kier molecular flexibility index (Phi) is 1.12. The predicted molar refractivity (Wildman–Crippen MR) is 34.9 cm³/mol. The van der Waals surface area contributed by atoms with Gasteiger partial charge >= 0.3 is 0 Å². The van der Waals surface area contributed by atoms with Gasteiger partial charge in [0.1, 0.15) is 0 Å². The van der Waals surface area contributed by atoms with Crippen molar-refractivity contribution >= 4 is 0 Å². The fraction of sp³-hybridized carbons (Fsp3) is 0.750. The molecular formula is C8H11O. The maximum absolute atomic E-state index is 5.17. The Morgan fingerprint density at radius 1 is 1.44 bits per heavy atom. The second-order valence-electron chi connectivity index (χ2n) is 3.11. The first-order chi connectivity index (χ1) is 4.41. The lowest BCUT2D eigenvalue weighted by atomic mass is 9.76. The molecule has 0 unspecified atom stereocenters. The van der Waals surface area contributed by atoms with Crippen LogP contribution in [0, 0.1) is 11.5 Å². The van der Waals surface area contributed by atoms with Crippen molar-refractivity contribution in [3.63, 3.8) is 0 Å². The summed E-state index contributed by atoms with van der Waals surface area (Å²) < 4.78 is 5.17. The van der Waals surface area contributed by atoms with Crippen molar-refractivity contribution < 1.29 is 4.74 Å². The maximum atomic E-state index is 5.17. The second kappa shape index (κ2) is 1.84. The van der Waals surface area contributed by atoms with E-state index in [1.165, 1.54) is 12.8 Å². The van der Waals surface area contributed by atoms with E-state index in [2.05, 4.69) is 12.2 Å². The molecule has 1 nitrogen and oxygen atoms in total. The van der Waals surface area contributed by atoms with E-state index in [9.17, 15) is 0 Å². The standard InChI is InChI=1S/C8H11O/c1-2-4-8(5-3-1)6-9-7-8/h2H,3-7H2. The third-order valence-electron chi connectivity index (χ3n) is 2.30. The third kappa shape index (κ3) is 0.799. The van der Waals surface area contributed by atoms with E-state index in [0.29, 0.717) is 5.41 Å². The van der Waals surface area contributed by atoms with E-state index in [1.54, 1.807) is 0 Å². The van der Waals surface area contributed by atoms with Crippen LogP contribution in [0.4, 0.5) is 0 Å². The summed E-state index contributed by atoms with van der Waals surface area (Å²) in [5, 5.41) is 0. The first-order valence-corrected chi connectivity index (χ1v) is 3.54. The molecule has 1 spiro atoms. The Hall–Kier alpha value is -0.300. The molecule has 0 aromatic heterocycles. The summed E-state index contributed by atoms with van der Waals surface area (Å²) in [6, 6.07) is 0. The molecule has 2 rings (SSSR count). The predicted octanol–water partition coefficient (Wildman–Crippen LogP) is 1.55. The highest BCUT2D eigenvalue weighted by molar-refractivity contribution is 4.97. The molecule has 9 heavy (non-hydrogen) atoms. The zero-order valence-electron chi connectivity index (χ0n) is 5.52. The normalized spacial score (nSPS) is 30.2. The molecule has 1 fully saturated rings. The molecule has 1 heterocycles. The molecule has 1 aliphatic carbocycles. The highest BCUT2D eigenvalue weighted by Crippen LogP contribution is 2.38. The summed E-state index contributed by atoms with van der Waals surface area (Å²) in [5.74, 6) is 0. The van der Waals surface area contributed by atoms with Crippen LogP contribution in [0.3, 0.4) is 0 Å². The molecule has 2 aliphatic rings. The minimum absolute atomic E-state index is 0.561. The van der Waals surface area contributed by atoms with Gasteiger partial charge in [-0.25, -0.2) is 0 Å². The van der Waals surface area contributed by atoms with Gasteiger partial charge in [0, 0.05) is 5.41 Å². The van der Waals surface area contributed by atoms with Gasteiger partial charge in [0.05, 0.1) is 13.2 Å². The topological polar surface area (TPSA) is 9.23 Å². The molecule has 1 aliphatic heterocycles. The number of allylic oxidation sites excluding steroid dienone is 2. The molecule has 0 saturated carbocycles. The van der Waals surface area contributed by atoms with Gasteiger partial charge in [-0.15, -0.1) is 0 Å². The summed E-state index contributed by atoms with van der Waals surface area (Å²) in [5.41, 5.74) is 0.561. The Balaban J connectivity index is 2.04. The quantitative estimate of drug-likeness (QED) is 0.475. The first-order valence-electron chi connectivity index (χ1n) is 3.54. The van der Waals surface area contributed by atoms with Crippen LogP contribution in [-0.2, 0) is 4.74 Å². The van der Waals surface area contributed by atoms with Crippen molar-refractivity contribution in [1.82, 2.24) is 0 Å². The molecule has 1 saturated heterocycles. The van der Waals surface area contributed by atoms with Gasteiger partial charge in [0.2, 0.25) is 0 Å². The molecule has 0 bridgehead atoms. The van der Waals surface area contributed by atoms with Crippen molar-refractivity contribution in [2.75, 3.05) is 13.2 Å². The van der Waals surface area contributed by atoms with Gasteiger partial charge in [-0.3, -0.25) is 0 Å². The van der Waals surface area contributed by atoms with Crippen LogP contribution >= 0.6 is 0 Å². The van der Waals surface area contributed by atoms with Crippen molar-refractivity contribution in [3.05, 3.63) is 12.2 Å². The van der Waals surface area contributed by atoms with E-state index < -0.39 is 0 Å². The van der Waals surface area contributed by atoms with E-state index in [0.717, 1.165) is 19.6 Å².